The van der Waals surface area contributed by atoms with E-state index in [1.807, 2.05) is 0 Å². The van der Waals surface area contributed by atoms with E-state index in [0.29, 0.717) is 42.5 Å². The van der Waals surface area contributed by atoms with Crippen LogP contribution in [0.2, 0.25) is 5.02 Å². The SMILES string of the molecule is CC(=O)N1CCN(c2cc3c(cc2Cl)C(O)C(=O)N3)CC1. The van der Waals surface area contributed by atoms with Gasteiger partial charge in [-0.2, -0.15) is 0 Å². The average molecular weight is 310 g/mol. The standard InChI is InChI=1S/C14H16ClN3O3/c1-8(19)17-2-4-18(5-3-17)12-7-11-9(6-10(12)15)13(20)14(21)16-11/h6-7,13,20H,2-5H2,1H3,(H,16,21). The molecule has 1 unspecified atom stereocenters. The number of benzene rings is 1. The van der Waals surface area contributed by atoms with Crippen LogP contribution in [-0.4, -0.2) is 48.0 Å². The number of nitrogens with zero attached hydrogens (tertiary/aromatic N) is 2. The molecule has 112 valence electrons. The van der Waals surface area contributed by atoms with Crippen molar-refractivity contribution < 1.29 is 14.7 Å². The fraction of sp³-hybridized carbons (Fsp3) is 0.429. The lowest BCUT2D eigenvalue weighted by molar-refractivity contribution is -0.129. The zero-order valence-corrected chi connectivity index (χ0v) is 12.4. The molecule has 2 heterocycles. The van der Waals surface area contributed by atoms with Crippen molar-refractivity contribution >= 4 is 34.8 Å². The molecular formula is C14H16ClN3O3. The number of carbonyl (C=O) groups is 2. The minimum Gasteiger partial charge on any atom is -0.378 e. The van der Waals surface area contributed by atoms with Crippen LogP contribution in [0, 0.1) is 0 Å². The maximum Gasteiger partial charge on any atom is 0.257 e. The Bertz CT molecular complexity index is 612. The summed E-state index contributed by atoms with van der Waals surface area (Å²) in [5, 5.41) is 12.9. The van der Waals surface area contributed by atoms with Crippen molar-refractivity contribution in [1.29, 1.82) is 0 Å². The maximum absolute atomic E-state index is 11.5. The first kappa shape index (κ1) is 14.2. The molecule has 7 heteroatoms. The second-order valence-corrected chi connectivity index (χ2v) is 5.68. The number of fused-ring (bicyclic) bond motifs is 1. The van der Waals surface area contributed by atoms with Crippen molar-refractivity contribution in [1.82, 2.24) is 4.90 Å². The zero-order chi connectivity index (χ0) is 15.1. The predicted octanol–water partition coefficient (Wildman–Crippen LogP) is 0.994. The Balaban J connectivity index is 1.83. The number of hydrogen-bond donors (Lipinski definition) is 2. The van der Waals surface area contributed by atoms with E-state index in [1.54, 1.807) is 24.0 Å². The van der Waals surface area contributed by atoms with E-state index in [0.717, 1.165) is 5.69 Å². The molecule has 0 aliphatic carbocycles. The van der Waals surface area contributed by atoms with Gasteiger partial charge in [0, 0.05) is 44.4 Å². The normalized spacial score (nSPS) is 21.3. The number of aliphatic hydroxyl groups is 1. The molecule has 0 saturated carbocycles. The van der Waals surface area contributed by atoms with E-state index in [-0.39, 0.29) is 5.91 Å². The van der Waals surface area contributed by atoms with E-state index >= 15 is 0 Å². The Kier molecular flexibility index (Phi) is 3.51. The van der Waals surface area contributed by atoms with Crippen LogP contribution in [0.1, 0.15) is 18.6 Å². The monoisotopic (exact) mass is 309 g/mol. The fourth-order valence-electron chi connectivity index (χ4n) is 2.76. The molecule has 0 bridgehead atoms. The minimum atomic E-state index is -1.15. The number of nitrogens with one attached hydrogen (secondary N) is 1. The van der Waals surface area contributed by atoms with E-state index in [4.69, 9.17) is 11.6 Å². The molecule has 1 saturated heterocycles. The fourth-order valence-corrected chi connectivity index (χ4v) is 3.05. The number of hydrogen-bond acceptors (Lipinski definition) is 4. The van der Waals surface area contributed by atoms with Gasteiger partial charge in [-0.3, -0.25) is 9.59 Å². The molecule has 6 nitrogen and oxygen atoms in total. The van der Waals surface area contributed by atoms with Crippen molar-refractivity contribution in [3.63, 3.8) is 0 Å². The van der Waals surface area contributed by atoms with Crippen LogP contribution in [0.5, 0.6) is 0 Å². The van der Waals surface area contributed by atoms with Crippen LogP contribution < -0.4 is 10.2 Å². The highest BCUT2D eigenvalue weighted by molar-refractivity contribution is 6.33. The van der Waals surface area contributed by atoms with Crippen molar-refractivity contribution in [3.05, 3.63) is 22.7 Å². The van der Waals surface area contributed by atoms with Crippen LogP contribution in [0.3, 0.4) is 0 Å². The van der Waals surface area contributed by atoms with Gasteiger partial charge in [0.15, 0.2) is 6.10 Å². The number of rotatable bonds is 1. The van der Waals surface area contributed by atoms with Crippen molar-refractivity contribution in [2.75, 3.05) is 36.4 Å². The van der Waals surface area contributed by atoms with Gasteiger partial charge in [0.25, 0.3) is 5.91 Å². The van der Waals surface area contributed by atoms with Gasteiger partial charge in [-0.15, -0.1) is 0 Å². The lowest BCUT2D eigenvalue weighted by Gasteiger charge is -2.36. The van der Waals surface area contributed by atoms with Crippen molar-refractivity contribution in [2.45, 2.75) is 13.0 Å². The van der Waals surface area contributed by atoms with Crippen LogP contribution >= 0.6 is 11.6 Å². The van der Waals surface area contributed by atoms with Gasteiger partial charge >= 0.3 is 0 Å². The molecule has 0 spiro atoms. The Morgan fingerprint density at radius 2 is 2.00 bits per heavy atom. The molecule has 2 aliphatic heterocycles. The first-order chi connectivity index (χ1) is 9.97. The molecule has 1 fully saturated rings. The lowest BCUT2D eigenvalue weighted by atomic mass is 10.1. The lowest BCUT2D eigenvalue weighted by Crippen LogP contribution is -2.48. The van der Waals surface area contributed by atoms with Gasteiger partial charge in [0.05, 0.1) is 10.7 Å². The molecular weight excluding hydrogens is 294 g/mol. The Morgan fingerprint density at radius 3 is 2.62 bits per heavy atom. The molecule has 21 heavy (non-hydrogen) atoms. The predicted molar refractivity (Wildman–Crippen MR) is 79.5 cm³/mol. The van der Waals surface area contributed by atoms with E-state index < -0.39 is 12.0 Å². The summed E-state index contributed by atoms with van der Waals surface area (Å²) in [6.45, 7) is 4.24. The van der Waals surface area contributed by atoms with Gasteiger partial charge in [0.1, 0.15) is 0 Å². The first-order valence-corrected chi connectivity index (χ1v) is 7.18. The van der Waals surface area contributed by atoms with Crippen molar-refractivity contribution in [2.24, 2.45) is 0 Å². The quantitative estimate of drug-likeness (QED) is 0.811. The van der Waals surface area contributed by atoms with E-state index in [2.05, 4.69) is 10.2 Å². The average Bonchev–Trinajstić information content (AvgIpc) is 2.73. The van der Waals surface area contributed by atoms with Crippen LogP contribution in [0.4, 0.5) is 11.4 Å². The third kappa shape index (κ3) is 2.45. The highest BCUT2D eigenvalue weighted by atomic mass is 35.5. The molecule has 1 aromatic rings. The van der Waals surface area contributed by atoms with Gasteiger partial charge in [-0.25, -0.2) is 0 Å². The number of aliphatic hydroxyl groups excluding tert-OH is 1. The third-order valence-electron chi connectivity index (χ3n) is 3.99. The second kappa shape index (κ2) is 5.20. The summed E-state index contributed by atoms with van der Waals surface area (Å²) in [5.74, 6) is -0.357. The van der Waals surface area contributed by atoms with Crippen molar-refractivity contribution in [3.8, 4) is 0 Å². The van der Waals surface area contributed by atoms with Gasteiger partial charge < -0.3 is 20.2 Å². The second-order valence-electron chi connectivity index (χ2n) is 5.28. The summed E-state index contributed by atoms with van der Waals surface area (Å²) in [7, 11) is 0. The highest BCUT2D eigenvalue weighted by Crippen LogP contribution is 2.39. The van der Waals surface area contributed by atoms with Crippen LogP contribution in [0.25, 0.3) is 0 Å². The zero-order valence-electron chi connectivity index (χ0n) is 11.6. The third-order valence-corrected chi connectivity index (χ3v) is 4.29. The van der Waals surface area contributed by atoms with Crippen LogP contribution in [0.15, 0.2) is 12.1 Å². The molecule has 1 atom stereocenters. The highest BCUT2D eigenvalue weighted by Gasteiger charge is 2.31. The first-order valence-electron chi connectivity index (χ1n) is 6.80. The number of anilines is 2. The van der Waals surface area contributed by atoms with E-state index in [9.17, 15) is 14.7 Å². The molecule has 0 aromatic heterocycles. The largest absolute Gasteiger partial charge is 0.378 e. The summed E-state index contributed by atoms with van der Waals surface area (Å²) >= 11 is 6.28. The summed E-state index contributed by atoms with van der Waals surface area (Å²) < 4.78 is 0. The Hall–Kier alpha value is -1.79. The molecule has 3 rings (SSSR count). The molecule has 2 N–H and O–H groups in total. The Morgan fingerprint density at radius 1 is 1.33 bits per heavy atom. The van der Waals surface area contributed by atoms with Gasteiger partial charge in [-0.05, 0) is 12.1 Å². The molecule has 0 radical (unpaired) electrons. The summed E-state index contributed by atoms with van der Waals surface area (Å²) in [6, 6.07) is 3.42. The van der Waals surface area contributed by atoms with Crippen LogP contribution in [-0.2, 0) is 9.59 Å². The maximum atomic E-state index is 11.5. The topological polar surface area (TPSA) is 72.9 Å². The number of carbonyl (C=O) groups excluding carboxylic acids is 2. The van der Waals surface area contributed by atoms with Gasteiger partial charge in [-0.1, -0.05) is 11.6 Å². The Labute approximate surface area is 127 Å². The molecule has 2 amide bonds. The number of amides is 2. The van der Waals surface area contributed by atoms with E-state index in [1.165, 1.54) is 0 Å². The summed E-state index contributed by atoms with van der Waals surface area (Å²) in [6.07, 6.45) is -1.15. The molecule has 2 aliphatic rings. The van der Waals surface area contributed by atoms with Gasteiger partial charge in [0.2, 0.25) is 5.91 Å². The smallest absolute Gasteiger partial charge is 0.257 e. The summed E-state index contributed by atoms with van der Waals surface area (Å²) in [5.41, 5.74) is 1.92. The minimum absolute atomic E-state index is 0.0742. The number of piperazine rings is 1. The summed E-state index contributed by atoms with van der Waals surface area (Å²) in [4.78, 5) is 26.7. The molecule has 1 aromatic carbocycles. The number of halogens is 1.